The number of primary amides is 1. The summed E-state index contributed by atoms with van der Waals surface area (Å²) in [4.78, 5) is 16.0. The number of nitrogens with one attached hydrogen (secondary N) is 1. The molecule has 3 N–H and O–H groups in total. The zero-order valence-electron chi connectivity index (χ0n) is 12.8. The molecule has 3 rings (SSSR count). The van der Waals surface area contributed by atoms with Crippen molar-refractivity contribution in [2.24, 2.45) is 5.73 Å². The second kappa shape index (κ2) is 6.32. The third-order valence-electron chi connectivity index (χ3n) is 3.65. The Labute approximate surface area is 135 Å². The molecule has 0 aliphatic carbocycles. The molecule has 0 saturated carbocycles. The second-order valence-electron chi connectivity index (χ2n) is 5.28. The lowest BCUT2D eigenvalue weighted by atomic mass is 10.0. The smallest absolute Gasteiger partial charge is 0.250 e. The SMILES string of the molecule is Cc1ccccc1-c1cc(Nc2ccccc2C(N)=O)ccn1. The van der Waals surface area contributed by atoms with Crippen LogP contribution in [0.15, 0.2) is 66.9 Å². The minimum atomic E-state index is -0.457. The maximum absolute atomic E-state index is 11.5. The summed E-state index contributed by atoms with van der Waals surface area (Å²) in [6.45, 7) is 2.06. The Morgan fingerprint density at radius 1 is 1.04 bits per heavy atom. The van der Waals surface area contributed by atoms with Crippen LogP contribution in [-0.4, -0.2) is 10.9 Å². The number of benzene rings is 2. The van der Waals surface area contributed by atoms with Crippen LogP contribution in [0, 0.1) is 6.92 Å². The summed E-state index contributed by atoms with van der Waals surface area (Å²) in [6, 6.07) is 19.1. The Balaban J connectivity index is 1.96. The van der Waals surface area contributed by atoms with E-state index in [-0.39, 0.29) is 0 Å². The predicted molar refractivity (Wildman–Crippen MR) is 92.7 cm³/mol. The normalized spacial score (nSPS) is 10.3. The molecule has 0 saturated heterocycles. The number of carbonyl (C=O) groups is 1. The Morgan fingerprint density at radius 3 is 2.57 bits per heavy atom. The largest absolute Gasteiger partial charge is 0.366 e. The monoisotopic (exact) mass is 303 g/mol. The van der Waals surface area contributed by atoms with E-state index in [9.17, 15) is 4.79 Å². The summed E-state index contributed by atoms with van der Waals surface area (Å²) >= 11 is 0. The summed E-state index contributed by atoms with van der Waals surface area (Å²) in [6.07, 6.45) is 1.75. The highest BCUT2D eigenvalue weighted by Gasteiger charge is 2.08. The number of anilines is 2. The van der Waals surface area contributed by atoms with Crippen LogP contribution < -0.4 is 11.1 Å². The number of hydrogen-bond acceptors (Lipinski definition) is 3. The van der Waals surface area contributed by atoms with Gasteiger partial charge in [0.1, 0.15) is 0 Å². The lowest BCUT2D eigenvalue weighted by Gasteiger charge is -2.11. The highest BCUT2D eigenvalue weighted by molar-refractivity contribution is 5.99. The summed E-state index contributed by atoms with van der Waals surface area (Å²) in [5.41, 5.74) is 10.5. The van der Waals surface area contributed by atoms with E-state index in [1.165, 1.54) is 0 Å². The van der Waals surface area contributed by atoms with Crippen LogP contribution in [0.5, 0.6) is 0 Å². The zero-order valence-corrected chi connectivity index (χ0v) is 12.8. The van der Waals surface area contributed by atoms with Gasteiger partial charge in [0, 0.05) is 17.4 Å². The number of nitrogens with two attached hydrogens (primary N) is 1. The summed E-state index contributed by atoms with van der Waals surface area (Å²) in [5, 5.41) is 3.24. The van der Waals surface area contributed by atoms with E-state index in [2.05, 4.69) is 23.3 Å². The standard InChI is InChI=1S/C19H17N3O/c1-13-6-2-3-7-15(13)18-12-14(10-11-21-18)22-17-9-5-4-8-16(17)19(20)23/h2-12H,1H3,(H2,20,23)(H,21,22). The predicted octanol–water partition coefficient (Wildman–Crippen LogP) is 3.90. The fraction of sp³-hybridized carbons (Fsp3) is 0.0526. The van der Waals surface area contributed by atoms with E-state index in [1.807, 2.05) is 42.5 Å². The lowest BCUT2D eigenvalue weighted by Crippen LogP contribution is -2.13. The van der Waals surface area contributed by atoms with Crippen molar-refractivity contribution in [2.75, 3.05) is 5.32 Å². The lowest BCUT2D eigenvalue weighted by molar-refractivity contribution is 0.100. The van der Waals surface area contributed by atoms with Crippen LogP contribution >= 0.6 is 0 Å². The first-order chi connectivity index (χ1) is 11.1. The minimum absolute atomic E-state index is 0.457. The van der Waals surface area contributed by atoms with Gasteiger partial charge >= 0.3 is 0 Å². The number of amides is 1. The average Bonchev–Trinajstić information content (AvgIpc) is 2.56. The molecule has 1 amide bonds. The average molecular weight is 303 g/mol. The number of nitrogens with zero attached hydrogens (tertiary/aromatic N) is 1. The van der Waals surface area contributed by atoms with Crippen LogP contribution in [0.1, 0.15) is 15.9 Å². The van der Waals surface area contributed by atoms with Gasteiger partial charge in [-0.1, -0.05) is 36.4 Å². The van der Waals surface area contributed by atoms with Crippen LogP contribution in [-0.2, 0) is 0 Å². The van der Waals surface area contributed by atoms with E-state index in [1.54, 1.807) is 18.3 Å². The molecule has 0 radical (unpaired) electrons. The van der Waals surface area contributed by atoms with Crippen molar-refractivity contribution >= 4 is 17.3 Å². The number of rotatable bonds is 4. The Hall–Kier alpha value is -3.14. The van der Waals surface area contributed by atoms with Crippen molar-refractivity contribution in [1.29, 1.82) is 0 Å². The van der Waals surface area contributed by atoms with Crippen molar-refractivity contribution in [3.05, 3.63) is 78.0 Å². The topological polar surface area (TPSA) is 68.0 Å². The fourth-order valence-electron chi connectivity index (χ4n) is 2.48. The van der Waals surface area contributed by atoms with Crippen LogP contribution in [0.3, 0.4) is 0 Å². The van der Waals surface area contributed by atoms with E-state index in [0.29, 0.717) is 11.3 Å². The van der Waals surface area contributed by atoms with Gasteiger partial charge in [0.05, 0.1) is 16.9 Å². The van der Waals surface area contributed by atoms with E-state index < -0.39 is 5.91 Å². The van der Waals surface area contributed by atoms with Crippen LogP contribution in [0.2, 0.25) is 0 Å². The van der Waals surface area contributed by atoms with Gasteiger partial charge in [-0.2, -0.15) is 0 Å². The van der Waals surface area contributed by atoms with Gasteiger partial charge in [-0.25, -0.2) is 0 Å². The first-order valence-electron chi connectivity index (χ1n) is 7.33. The fourth-order valence-corrected chi connectivity index (χ4v) is 2.48. The number of hydrogen-bond donors (Lipinski definition) is 2. The molecular formula is C19H17N3O. The number of aromatic nitrogens is 1. The molecule has 4 heteroatoms. The molecule has 1 aromatic heterocycles. The van der Waals surface area contributed by atoms with Gasteiger partial charge in [0.25, 0.3) is 5.91 Å². The highest BCUT2D eigenvalue weighted by atomic mass is 16.1. The minimum Gasteiger partial charge on any atom is -0.366 e. The van der Waals surface area contributed by atoms with Crippen LogP contribution in [0.4, 0.5) is 11.4 Å². The van der Waals surface area contributed by atoms with Gasteiger partial charge in [-0.3, -0.25) is 9.78 Å². The summed E-state index contributed by atoms with van der Waals surface area (Å²) < 4.78 is 0. The molecule has 0 fully saturated rings. The highest BCUT2D eigenvalue weighted by Crippen LogP contribution is 2.26. The van der Waals surface area contributed by atoms with Gasteiger partial charge < -0.3 is 11.1 Å². The number of aryl methyl sites for hydroxylation is 1. The second-order valence-corrected chi connectivity index (χ2v) is 5.28. The third-order valence-corrected chi connectivity index (χ3v) is 3.65. The Bertz CT molecular complexity index is 858. The molecule has 3 aromatic rings. The third kappa shape index (κ3) is 3.21. The van der Waals surface area contributed by atoms with Crippen molar-refractivity contribution < 1.29 is 4.79 Å². The van der Waals surface area contributed by atoms with Crippen molar-refractivity contribution in [3.8, 4) is 11.3 Å². The van der Waals surface area contributed by atoms with Crippen molar-refractivity contribution in [3.63, 3.8) is 0 Å². The number of carbonyl (C=O) groups excluding carboxylic acids is 1. The Morgan fingerprint density at radius 2 is 1.78 bits per heavy atom. The number of para-hydroxylation sites is 1. The zero-order chi connectivity index (χ0) is 16.2. The Kier molecular flexibility index (Phi) is 4.06. The maximum Gasteiger partial charge on any atom is 0.250 e. The first kappa shape index (κ1) is 14.8. The first-order valence-corrected chi connectivity index (χ1v) is 7.33. The van der Waals surface area contributed by atoms with Crippen molar-refractivity contribution in [1.82, 2.24) is 4.98 Å². The molecule has 0 spiro atoms. The number of pyridine rings is 1. The molecule has 23 heavy (non-hydrogen) atoms. The van der Waals surface area contributed by atoms with Gasteiger partial charge in [0.15, 0.2) is 0 Å². The molecule has 0 atom stereocenters. The molecule has 0 bridgehead atoms. The molecule has 0 aliphatic heterocycles. The molecule has 0 aliphatic rings. The van der Waals surface area contributed by atoms with Gasteiger partial charge in [0.2, 0.25) is 0 Å². The molecule has 114 valence electrons. The molecule has 2 aromatic carbocycles. The molecule has 4 nitrogen and oxygen atoms in total. The van der Waals surface area contributed by atoms with Crippen molar-refractivity contribution in [2.45, 2.75) is 6.92 Å². The van der Waals surface area contributed by atoms with Gasteiger partial charge in [-0.05, 0) is 36.8 Å². The molecular weight excluding hydrogens is 286 g/mol. The summed E-state index contributed by atoms with van der Waals surface area (Å²) in [7, 11) is 0. The molecule has 1 heterocycles. The maximum atomic E-state index is 11.5. The van der Waals surface area contributed by atoms with Gasteiger partial charge in [-0.15, -0.1) is 0 Å². The van der Waals surface area contributed by atoms with Crippen LogP contribution in [0.25, 0.3) is 11.3 Å². The quantitative estimate of drug-likeness (QED) is 0.768. The molecule has 0 unspecified atom stereocenters. The van der Waals surface area contributed by atoms with E-state index in [4.69, 9.17) is 5.73 Å². The van der Waals surface area contributed by atoms with E-state index >= 15 is 0 Å². The van der Waals surface area contributed by atoms with E-state index in [0.717, 1.165) is 22.5 Å². The summed E-state index contributed by atoms with van der Waals surface area (Å²) in [5.74, 6) is -0.457.